The van der Waals surface area contributed by atoms with Gasteiger partial charge in [0, 0.05) is 23.1 Å². The maximum atomic E-state index is 13.5. The fourth-order valence-corrected chi connectivity index (χ4v) is 8.37. The van der Waals surface area contributed by atoms with Crippen LogP contribution in [0.5, 0.6) is 0 Å². The summed E-state index contributed by atoms with van der Waals surface area (Å²) in [5.41, 5.74) is 3.32. The highest BCUT2D eigenvalue weighted by atomic mass is 16.2. The number of nitrogens with one attached hydrogen (secondary N) is 2. The number of anilines is 1. The van der Waals surface area contributed by atoms with E-state index in [1.165, 1.54) is 5.56 Å². The van der Waals surface area contributed by atoms with E-state index in [-0.39, 0.29) is 34.6 Å². The van der Waals surface area contributed by atoms with Crippen LogP contribution in [-0.2, 0) is 9.59 Å². The van der Waals surface area contributed by atoms with Crippen molar-refractivity contribution < 1.29 is 9.59 Å². The average molecular weight is 469 g/mol. The summed E-state index contributed by atoms with van der Waals surface area (Å²) in [5.74, 6) is 2.11. The van der Waals surface area contributed by atoms with Gasteiger partial charge in [-0.15, -0.1) is 0 Å². The van der Waals surface area contributed by atoms with E-state index in [1.54, 1.807) is 6.08 Å². The molecule has 2 N–H and O–H groups in total. The highest BCUT2D eigenvalue weighted by molar-refractivity contribution is 5.93. The van der Waals surface area contributed by atoms with Crippen molar-refractivity contribution in [2.45, 2.75) is 58.4 Å². The van der Waals surface area contributed by atoms with Crippen molar-refractivity contribution in [2.24, 2.45) is 34.5 Å². The largest absolute Gasteiger partial charge is 0.349 e. The highest BCUT2D eigenvalue weighted by Gasteiger charge is 2.60. The smallest absolute Gasteiger partial charge is 0.243 e. The Morgan fingerprint density at radius 2 is 1.63 bits per heavy atom. The van der Waals surface area contributed by atoms with Crippen LogP contribution >= 0.6 is 0 Å². The summed E-state index contributed by atoms with van der Waals surface area (Å²) in [7, 11) is 0. The topological polar surface area (TPSA) is 58.2 Å². The molecule has 35 heavy (non-hydrogen) atoms. The molecule has 2 aromatic carbocycles. The lowest BCUT2D eigenvalue weighted by atomic mass is 9.48. The van der Waals surface area contributed by atoms with Gasteiger partial charge < -0.3 is 10.6 Å². The summed E-state index contributed by atoms with van der Waals surface area (Å²) in [6.07, 6.45) is 10.5. The van der Waals surface area contributed by atoms with Crippen molar-refractivity contribution in [3.63, 3.8) is 0 Å². The summed E-state index contributed by atoms with van der Waals surface area (Å²) in [6.45, 7) is 4.74. The van der Waals surface area contributed by atoms with E-state index in [2.05, 4.69) is 54.8 Å². The first kappa shape index (κ1) is 22.6. The number of carbonyl (C=O) groups excluding carboxylic acids is 2. The van der Waals surface area contributed by atoms with Gasteiger partial charge in [0.25, 0.3) is 0 Å². The second-order valence-electron chi connectivity index (χ2n) is 11.8. The molecular formula is C31H36N2O2. The Hall–Kier alpha value is -2.88. The summed E-state index contributed by atoms with van der Waals surface area (Å²) < 4.78 is 0. The molecule has 2 aromatic rings. The molecule has 3 aliphatic carbocycles. The van der Waals surface area contributed by atoms with Gasteiger partial charge in [0.1, 0.15) is 0 Å². The first-order valence-electron chi connectivity index (χ1n) is 13.3. The molecule has 0 aromatic heterocycles. The van der Waals surface area contributed by atoms with Crippen LogP contribution in [0, 0.1) is 34.5 Å². The van der Waals surface area contributed by atoms with Gasteiger partial charge in [0.15, 0.2) is 0 Å². The van der Waals surface area contributed by atoms with Gasteiger partial charge in [0.05, 0.1) is 0 Å². The zero-order valence-electron chi connectivity index (χ0n) is 20.8. The van der Waals surface area contributed by atoms with Crippen molar-refractivity contribution in [3.8, 4) is 11.1 Å². The third kappa shape index (κ3) is 3.64. The molecule has 0 radical (unpaired) electrons. The number of amides is 2. The second-order valence-corrected chi connectivity index (χ2v) is 11.8. The average Bonchev–Trinajstić information content (AvgIpc) is 3.23. The Labute approximate surface area is 208 Å². The zero-order chi connectivity index (χ0) is 24.2. The molecule has 3 fully saturated rings. The Morgan fingerprint density at radius 1 is 0.886 bits per heavy atom. The van der Waals surface area contributed by atoms with E-state index in [0.29, 0.717) is 17.8 Å². The van der Waals surface area contributed by atoms with E-state index in [9.17, 15) is 9.59 Å². The van der Waals surface area contributed by atoms with Crippen LogP contribution in [0.2, 0.25) is 0 Å². The predicted molar refractivity (Wildman–Crippen MR) is 139 cm³/mol. The van der Waals surface area contributed by atoms with Crippen molar-refractivity contribution in [1.82, 2.24) is 5.32 Å². The van der Waals surface area contributed by atoms with Gasteiger partial charge in [-0.3, -0.25) is 9.59 Å². The van der Waals surface area contributed by atoms with Crippen LogP contribution in [0.15, 0.2) is 66.7 Å². The van der Waals surface area contributed by atoms with E-state index in [1.807, 2.05) is 30.3 Å². The SMILES string of the molecule is C[C@]12C=CC(=O)NC1CCC1C2CC[C@]2(C)C(C(=O)Nc3ccc(-c4ccccc4)cc3)CCC12. The van der Waals surface area contributed by atoms with Gasteiger partial charge in [-0.1, -0.05) is 62.4 Å². The maximum Gasteiger partial charge on any atom is 0.243 e. The molecule has 4 aliphatic rings. The first-order valence-corrected chi connectivity index (χ1v) is 13.3. The fraction of sp³-hybridized carbons (Fsp3) is 0.484. The molecule has 1 heterocycles. The van der Waals surface area contributed by atoms with Crippen LogP contribution in [0.1, 0.15) is 52.4 Å². The Bertz CT molecular complexity index is 1160. The number of hydrogen-bond donors (Lipinski definition) is 2. The van der Waals surface area contributed by atoms with Gasteiger partial charge in [0.2, 0.25) is 11.8 Å². The Kier molecular flexibility index (Phi) is 5.39. The van der Waals surface area contributed by atoms with Gasteiger partial charge in [-0.2, -0.15) is 0 Å². The third-order valence-electron chi connectivity index (χ3n) is 10.3. The molecule has 1 aliphatic heterocycles. The van der Waals surface area contributed by atoms with E-state index in [0.717, 1.165) is 49.8 Å². The minimum absolute atomic E-state index is 0.0407. The molecule has 0 spiro atoms. The monoisotopic (exact) mass is 468 g/mol. The van der Waals surface area contributed by atoms with Gasteiger partial charge >= 0.3 is 0 Å². The predicted octanol–water partition coefficient (Wildman–Crippen LogP) is 6.21. The lowest BCUT2D eigenvalue weighted by Gasteiger charge is -2.58. The maximum absolute atomic E-state index is 13.5. The van der Waals surface area contributed by atoms with Crippen LogP contribution in [0.3, 0.4) is 0 Å². The molecule has 182 valence electrons. The van der Waals surface area contributed by atoms with Crippen molar-refractivity contribution in [2.75, 3.05) is 5.32 Å². The normalized spacial score (nSPS) is 37.5. The quantitative estimate of drug-likeness (QED) is 0.563. The molecule has 4 nitrogen and oxygen atoms in total. The summed E-state index contributed by atoms with van der Waals surface area (Å²) in [6, 6.07) is 18.8. The van der Waals surface area contributed by atoms with Crippen molar-refractivity contribution >= 4 is 17.5 Å². The number of carbonyl (C=O) groups is 2. The van der Waals surface area contributed by atoms with E-state index < -0.39 is 0 Å². The first-order chi connectivity index (χ1) is 16.9. The van der Waals surface area contributed by atoms with Crippen LogP contribution < -0.4 is 10.6 Å². The number of benzene rings is 2. The van der Waals surface area contributed by atoms with Crippen molar-refractivity contribution in [1.29, 1.82) is 0 Å². The zero-order valence-corrected chi connectivity index (χ0v) is 20.8. The molecule has 0 bridgehead atoms. The summed E-state index contributed by atoms with van der Waals surface area (Å²) >= 11 is 0. The lowest BCUT2D eigenvalue weighted by molar-refractivity contribution is -0.129. The number of rotatable bonds is 3. The Balaban J connectivity index is 1.17. The fourth-order valence-electron chi connectivity index (χ4n) is 8.37. The molecule has 7 atom stereocenters. The lowest BCUT2D eigenvalue weighted by Crippen LogP contribution is -2.59. The van der Waals surface area contributed by atoms with Gasteiger partial charge in [-0.25, -0.2) is 0 Å². The standard InChI is InChI=1S/C31H36N2O2/c1-30-18-16-25-23(12-15-27-31(25,2)19-17-28(34)33-27)24(30)13-14-26(30)29(35)32-22-10-8-21(9-11-22)20-6-4-3-5-7-20/h3-11,17,19,23-27H,12-16,18H2,1-2H3,(H,32,35)(H,33,34)/t23?,24?,25?,26?,27?,30-,31+/m0/s1. The number of hydrogen-bond acceptors (Lipinski definition) is 2. The second kappa shape index (κ2) is 8.36. The minimum Gasteiger partial charge on any atom is -0.349 e. The summed E-state index contributed by atoms with van der Waals surface area (Å²) in [4.78, 5) is 25.5. The van der Waals surface area contributed by atoms with Crippen LogP contribution in [0.4, 0.5) is 5.69 Å². The molecule has 4 heteroatoms. The van der Waals surface area contributed by atoms with Crippen molar-refractivity contribution in [3.05, 3.63) is 66.7 Å². The summed E-state index contributed by atoms with van der Waals surface area (Å²) in [5, 5.41) is 6.49. The molecule has 0 saturated heterocycles. The highest BCUT2D eigenvalue weighted by Crippen LogP contribution is 2.65. The Morgan fingerprint density at radius 3 is 2.40 bits per heavy atom. The van der Waals surface area contributed by atoms with E-state index >= 15 is 0 Å². The van der Waals surface area contributed by atoms with Gasteiger partial charge in [-0.05, 0) is 91.0 Å². The van der Waals surface area contributed by atoms with E-state index in [4.69, 9.17) is 0 Å². The third-order valence-corrected chi connectivity index (χ3v) is 10.3. The minimum atomic E-state index is 0.0407. The molecular weight excluding hydrogens is 432 g/mol. The van der Waals surface area contributed by atoms with Crippen LogP contribution in [0.25, 0.3) is 11.1 Å². The number of fused-ring (bicyclic) bond motifs is 5. The molecule has 6 rings (SSSR count). The molecule has 3 saturated carbocycles. The van der Waals surface area contributed by atoms with Crippen LogP contribution in [-0.4, -0.2) is 17.9 Å². The molecule has 5 unspecified atom stereocenters. The molecule has 2 amide bonds.